The van der Waals surface area contributed by atoms with Crippen molar-refractivity contribution in [3.05, 3.63) is 34.9 Å². The Labute approximate surface area is 141 Å². The van der Waals surface area contributed by atoms with Gasteiger partial charge in [0, 0.05) is 31.2 Å². The summed E-state index contributed by atoms with van der Waals surface area (Å²) in [5.74, 6) is 0. The third-order valence-electron chi connectivity index (χ3n) is 5.93. The monoisotopic (exact) mass is 316 g/mol. The van der Waals surface area contributed by atoms with Crippen LogP contribution in [0, 0.1) is 6.92 Å². The number of nitrogens with zero attached hydrogens (tertiary/aromatic N) is 3. The molecule has 128 valence electrons. The molecule has 0 radical (unpaired) electrons. The van der Waals surface area contributed by atoms with E-state index in [1.54, 1.807) is 0 Å². The first-order chi connectivity index (χ1) is 11.0. The molecule has 2 heterocycles. The summed E-state index contributed by atoms with van der Waals surface area (Å²) in [4.78, 5) is 7.52. The Hall–Kier alpha value is -0.940. The molecule has 4 nitrogen and oxygen atoms in total. The molecule has 2 unspecified atom stereocenters. The molecule has 3 rings (SSSR count). The minimum absolute atomic E-state index is 0.354. The molecule has 2 aliphatic rings. The van der Waals surface area contributed by atoms with Gasteiger partial charge in [0.05, 0.1) is 0 Å². The highest BCUT2D eigenvalue weighted by Crippen LogP contribution is 2.38. The Kier molecular flexibility index (Phi) is 5.07. The van der Waals surface area contributed by atoms with Gasteiger partial charge in [0.2, 0.25) is 0 Å². The third-order valence-corrected chi connectivity index (χ3v) is 5.93. The number of fused-ring (bicyclic) bond motifs is 1. The predicted molar refractivity (Wildman–Crippen MR) is 96.6 cm³/mol. The average Bonchev–Trinajstić information content (AvgIpc) is 2.54. The normalized spacial score (nSPS) is 27.4. The maximum atomic E-state index is 6.08. The summed E-state index contributed by atoms with van der Waals surface area (Å²) in [6.07, 6.45) is 2.55. The van der Waals surface area contributed by atoms with Crippen LogP contribution in [0.15, 0.2) is 18.2 Å². The summed E-state index contributed by atoms with van der Waals surface area (Å²) < 4.78 is 0. The van der Waals surface area contributed by atoms with Gasteiger partial charge in [-0.15, -0.1) is 0 Å². The first kappa shape index (κ1) is 16.9. The van der Waals surface area contributed by atoms with Crippen LogP contribution in [0.3, 0.4) is 0 Å². The van der Waals surface area contributed by atoms with Gasteiger partial charge in [-0.3, -0.25) is 9.80 Å². The van der Waals surface area contributed by atoms with Gasteiger partial charge in [0.25, 0.3) is 0 Å². The molecule has 23 heavy (non-hydrogen) atoms. The molecule has 0 bridgehead atoms. The summed E-state index contributed by atoms with van der Waals surface area (Å²) in [6.45, 7) is 6.37. The van der Waals surface area contributed by atoms with Gasteiger partial charge in [-0.1, -0.05) is 23.8 Å². The third kappa shape index (κ3) is 3.31. The number of aryl methyl sites for hydroxylation is 1. The highest BCUT2D eigenvalue weighted by Gasteiger charge is 2.35. The maximum Gasteiger partial charge on any atom is 0.0478 e. The average molecular weight is 316 g/mol. The van der Waals surface area contributed by atoms with Crippen molar-refractivity contribution in [2.75, 3.05) is 47.3 Å². The zero-order valence-electron chi connectivity index (χ0n) is 15.1. The van der Waals surface area contributed by atoms with Crippen LogP contribution >= 0.6 is 0 Å². The fourth-order valence-corrected chi connectivity index (χ4v) is 4.33. The largest absolute Gasteiger partial charge is 0.329 e. The van der Waals surface area contributed by atoms with Gasteiger partial charge >= 0.3 is 0 Å². The molecule has 0 aliphatic carbocycles. The highest BCUT2D eigenvalue weighted by molar-refractivity contribution is 5.38. The SMILES string of the molecule is Cc1ccc2c(c1)C(CN)N(C)CC2N(C)C1CCN(C)CC1. The van der Waals surface area contributed by atoms with E-state index in [2.05, 4.69) is 61.0 Å². The maximum absolute atomic E-state index is 6.08. The summed E-state index contributed by atoms with van der Waals surface area (Å²) in [5, 5.41) is 0. The fraction of sp³-hybridized carbons (Fsp3) is 0.684. The smallest absolute Gasteiger partial charge is 0.0478 e. The van der Waals surface area contributed by atoms with Crippen molar-refractivity contribution in [3.8, 4) is 0 Å². The van der Waals surface area contributed by atoms with Crippen molar-refractivity contribution in [1.29, 1.82) is 0 Å². The van der Waals surface area contributed by atoms with E-state index < -0.39 is 0 Å². The lowest BCUT2D eigenvalue weighted by atomic mass is 9.86. The molecule has 0 saturated carbocycles. The summed E-state index contributed by atoms with van der Waals surface area (Å²) >= 11 is 0. The van der Waals surface area contributed by atoms with Crippen LogP contribution in [0.25, 0.3) is 0 Å². The molecule has 2 N–H and O–H groups in total. The number of hydrogen-bond acceptors (Lipinski definition) is 4. The zero-order valence-corrected chi connectivity index (χ0v) is 15.1. The van der Waals surface area contributed by atoms with Gasteiger partial charge < -0.3 is 10.6 Å². The van der Waals surface area contributed by atoms with Gasteiger partial charge in [0.15, 0.2) is 0 Å². The van der Waals surface area contributed by atoms with E-state index in [-0.39, 0.29) is 0 Å². The second-order valence-corrected chi connectivity index (χ2v) is 7.54. The van der Waals surface area contributed by atoms with Crippen LogP contribution in [0.1, 0.15) is 41.6 Å². The Balaban J connectivity index is 1.88. The predicted octanol–water partition coefficient (Wildman–Crippen LogP) is 2.01. The number of benzene rings is 1. The number of likely N-dealkylation sites (tertiary alicyclic amines) is 1. The fourth-order valence-electron chi connectivity index (χ4n) is 4.33. The zero-order chi connectivity index (χ0) is 16.6. The minimum Gasteiger partial charge on any atom is -0.329 e. The van der Waals surface area contributed by atoms with Crippen molar-refractivity contribution in [2.45, 2.75) is 37.9 Å². The summed E-state index contributed by atoms with van der Waals surface area (Å²) in [5.41, 5.74) is 10.3. The molecule has 2 aliphatic heterocycles. The van der Waals surface area contributed by atoms with E-state index in [9.17, 15) is 0 Å². The van der Waals surface area contributed by atoms with Crippen molar-refractivity contribution < 1.29 is 0 Å². The molecule has 1 saturated heterocycles. The Morgan fingerprint density at radius 1 is 1.17 bits per heavy atom. The second-order valence-electron chi connectivity index (χ2n) is 7.54. The Morgan fingerprint density at radius 3 is 2.52 bits per heavy atom. The van der Waals surface area contributed by atoms with Gasteiger partial charge in [0.1, 0.15) is 0 Å². The van der Waals surface area contributed by atoms with Crippen LogP contribution in [-0.4, -0.2) is 68.1 Å². The number of hydrogen-bond donors (Lipinski definition) is 1. The highest BCUT2D eigenvalue weighted by atomic mass is 15.3. The van der Waals surface area contributed by atoms with Crippen LogP contribution in [0.2, 0.25) is 0 Å². The van der Waals surface area contributed by atoms with Gasteiger partial charge in [-0.2, -0.15) is 0 Å². The second kappa shape index (κ2) is 6.89. The van der Waals surface area contributed by atoms with Gasteiger partial charge in [-0.25, -0.2) is 0 Å². The van der Waals surface area contributed by atoms with Crippen molar-refractivity contribution >= 4 is 0 Å². The van der Waals surface area contributed by atoms with Crippen LogP contribution in [0.4, 0.5) is 0 Å². The van der Waals surface area contributed by atoms with Crippen molar-refractivity contribution in [3.63, 3.8) is 0 Å². The van der Waals surface area contributed by atoms with Crippen LogP contribution in [0.5, 0.6) is 0 Å². The summed E-state index contributed by atoms with van der Waals surface area (Å²) in [6, 6.07) is 8.47. The topological polar surface area (TPSA) is 35.7 Å². The number of nitrogens with two attached hydrogens (primary N) is 1. The molecule has 4 heteroatoms. The number of likely N-dealkylation sites (N-methyl/N-ethyl adjacent to an activating group) is 2. The first-order valence-electron chi connectivity index (χ1n) is 8.92. The van der Waals surface area contributed by atoms with Crippen molar-refractivity contribution in [2.24, 2.45) is 5.73 Å². The first-order valence-corrected chi connectivity index (χ1v) is 8.92. The van der Waals surface area contributed by atoms with Crippen molar-refractivity contribution in [1.82, 2.24) is 14.7 Å². The number of rotatable bonds is 3. The molecule has 1 aromatic rings. The molecule has 1 fully saturated rings. The molecule has 0 aromatic heterocycles. The van der Waals surface area contributed by atoms with E-state index in [1.807, 2.05) is 0 Å². The number of piperidine rings is 1. The van der Waals surface area contributed by atoms with Crippen LogP contribution in [-0.2, 0) is 0 Å². The lowest BCUT2D eigenvalue weighted by molar-refractivity contribution is 0.0684. The Morgan fingerprint density at radius 2 is 1.87 bits per heavy atom. The minimum atomic E-state index is 0.354. The molecule has 2 atom stereocenters. The Bertz CT molecular complexity index is 536. The quantitative estimate of drug-likeness (QED) is 0.925. The summed E-state index contributed by atoms with van der Waals surface area (Å²) in [7, 11) is 6.77. The molecule has 0 amide bonds. The van der Waals surface area contributed by atoms with E-state index in [0.717, 1.165) is 6.54 Å². The van der Waals surface area contributed by atoms with Crippen LogP contribution < -0.4 is 5.73 Å². The van der Waals surface area contributed by atoms with E-state index in [0.29, 0.717) is 24.7 Å². The molecular weight excluding hydrogens is 284 g/mol. The lowest BCUT2D eigenvalue weighted by Gasteiger charge is -2.46. The standard InChI is InChI=1S/C19H32N4/c1-14-5-6-16-17(11-14)18(12-20)22(3)13-19(16)23(4)15-7-9-21(2)10-8-15/h5-6,11,15,18-19H,7-10,12-13,20H2,1-4H3. The van der Waals surface area contributed by atoms with E-state index >= 15 is 0 Å². The lowest BCUT2D eigenvalue weighted by Crippen LogP contribution is -2.49. The van der Waals surface area contributed by atoms with E-state index in [4.69, 9.17) is 5.73 Å². The van der Waals surface area contributed by atoms with Gasteiger partial charge in [-0.05, 0) is 65.1 Å². The molecular formula is C19H32N4. The van der Waals surface area contributed by atoms with E-state index in [1.165, 1.54) is 42.6 Å². The molecule has 0 spiro atoms. The molecule has 1 aromatic carbocycles.